The van der Waals surface area contributed by atoms with Crippen LogP contribution in [0.15, 0.2) is 24.3 Å². The molecule has 1 fully saturated rings. The second kappa shape index (κ2) is 5.42. The fraction of sp³-hybridized carbons (Fsp3) is 0.533. The highest BCUT2D eigenvalue weighted by Gasteiger charge is 2.41. The Labute approximate surface area is 109 Å². The van der Waals surface area contributed by atoms with Crippen LogP contribution in [0.2, 0.25) is 0 Å². The zero-order valence-electron chi connectivity index (χ0n) is 11.0. The minimum absolute atomic E-state index is 0.0790. The molecule has 1 aromatic carbocycles. The lowest BCUT2D eigenvalue weighted by Gasteiger charge is -2.15. The van der Waals surface area contributed by atoms with Crippen LogP contribution in [0.4, 0.5) is 5.69 Å². The Morgan fingerprint density at radius 1 is 1.39 bits per heavy atom. The molecule has 0 spiro atoms. The molecule has 0 unspecified atom stereocenters. The Morgan fingerprint density at radius 2 is 2.11 bits per heavy atom. The minimum Gasteiger partial charge on any atom is -0.398 e. The van der Waals surface area contributed by atoms with Gasteiger partial charge in [0, 0.05) is 12.2 Å². The highest BCUT2D eigenvalue weighted by Crippen LogP contribution is 2.48. The molecule has 1 saturated carbocycles. The van der Waals surface area contributed by atoms with Crippen molar-refractivity contribution >= 4 is 11.6 Å². The second-order valence-corrected chi connectivity index (χ2v) is 5.40. The number of nitrogens with one attached hydrogen (secondary N) is 1. The number of para-hydroxylation sites is 1. The van der Waals surface area contributed by atoms with Crippen molar-refractivity contribution in [2.24, 2.45) is 5.41 Å². The van der Waals surface area contributed by atoms with Crippen molar-refractivity contribution in [3.63, 3.8) is 0 Å². The smallest absolute Gasteiger partial charge is 0.224 e. The topological polar surface area (TPSA) is 55.1 Å². The summed E-state index contributed by atoms with van der Waals surface area (Å²) in [6, 6.07) is 7.55. The van der Waals surface area contributed by atoms with E-state index in [-0.39, 0.29) is 5.91 Å². The Kier molecular flexibility index (Phi) is 3.90. The lowest BCUT2D eigenvalue weighted by atomic mass is 10.0. The van der Waals surface area contributed by atoms with E-state index in [0.717, 1.165) is 12.1 Å². The third-order valence-electron chi connectivity index (χ3n) is 3.80. The largest absolute Gasteiger partial charge is 0.398 e. The van der Waals surface area contributed by atoms with Crippen LogP contribution in [-0.2, 0) is 11.2 Å². The standard InChI is InChI=1S/C15H22N2O/c1-2-7-15(8-9-15)11-17-14(18)10-12-5-3-4-6-13(12)16/h3-6H,2,7-11,16H2,1H3,(H,17,18). The van der Waals surface area contributed by atoms with Gasteiger partial charge in [-0.05, 0) is 36.3 Å². The summed E-state index contributed by atoms with van der Waals surface area (Å²) in [7, 11) is 0. The number of hydrogen-bond donors (Lipinski definition) is 2. The molecule has 1 aromatic rings. The van der Waals surface area contributed by atoms with Gasteiger partial charge in [0.15, 0.2) is 0 Å². The number of nitrogens with two attached hydrogens (primary N) is 1. The average Bonchev–Trinajstić information content (AvgIpc) is 3.11. The van der Waals surface area contributed by atoms with Gasteiger partial charge < -0.3 is 11.1 Å². The van der Waals surface area contributed by atoms with Gasteiger partial charge in [-0.25, -0.2) is 0 Å². The summed E-state index contributed by atoms with van der Waals surface area (Å²) in [6.07, 6.45) is 5.32. The van der Waals surface area contributed by atoms with Crippen molar-refractivity contribution in [1.29, 1.82) is 0 Å². The predicted octanol–water partition coefficient (Wildman–Crippen LogP) is 2.51. The molecular weight excluding hydrogens is 224 g/mol. The number of anilines is 1. The van der Waals surface area contributed by atoms with E-state index in [4.69, 9.17) is 5.73 Å². The molecule has 1 aliphatic carbocycles. The molecule has 0 aliphatic heterocycles. The number of benzene rings is 1. The summed E-state index contributed by atoms with van der Waals surface area (Å²) in [5.41, 5.74) is 7.85. The Hall–Kier alpha value is -1.51. The molecule has 0 atom stereocenters. The molecule has 18 heavy (non-hydrogen) atoms. The van der Waals surface area contributed by atoms with Crippen LogP contribution in [0, 0.1) is 5.41 Å². The quantitative estimate of drug-likeness (QED) is 0.758. The van der Waals surface area contributed by atoms with Crippen LogP contribution in [-0.4, -0.2) is 12.5 Å². The monoisotopic (exact) mass is 246 g/mol. The molecule has 1 aliphatic rings. The van der Waals surface area contributed by atoms with Crippen LogP contribution < -0.4 is 11.1 Å². The van der Waals surface area contributed by atoms with E-state index in [0.29, 0.717) is 17.5 Å². The van der Waals surface area contributed by atoms with Gasteiger partial charge in [0.1, 0.15) is 0 Å². The Balaban J connectivity index is 1.81. The van der Waals surface area contributed by atoms with Crippen molar-refractivity contribution in [2.75, 3.05) is 12.3 Å². The maximum absolute atomic E-state index is 11.9. The van der Waals surface area contributed by atoms with Crippen molar-refractivity contribution in [3.8, 4) is 0 Å². The molecule has 3 nitrogen and oxygen atoms in total. The SMILES string of the molecule is CCCC1(CNC(=O)Cc2ccccc2N)CC1. The molecule has 3 N–H and O–H groups in total. The average molecular weight is 246 g/mol. The number of rotatable bonds is 6. The summed E-state index contributed by atoms with van der Waals surface area (Å²) < 4.78 is 0. The molecule has 2 rings (SSSR count). The maximum atomic E-state index is 11.9. The van der Waals surface area contributed by atoms with Gasteiger partial charge in [0.25, 0.3) is 0 Å². The molecule has 3 heteroatoms. The van der Waals surface area contributed by atoms with Gasteiger partial charge >= 0.3 is 0 Å². The molecule has 0 saturated heterocycles. The molecule has 1 amide bonds. The first-order valence-corrected chi connectivity index (χ1v) is 6.75. The second-order valence-electron chi connectivity index (χ2n) is 5.40. The summed E-state index contributed by atoms with van der Waals surface area (Å²) in [5.74, 6) is 0.0790. The van der Waals surface area contributed by atoms with Gasteiger partial charge in [-0.15, -0.1) is 0 Å². The highest BCUT2D eigenvalue weighted by atomic mass is 16.1. The van der Waals surface area contributed by atoms with Gasteiger partial charge in [0.2, 0.25) is 5.91 Å². The third-order valence-corrected chi connectivity index (χ3v) is 3.80. The summed E-state index contributed by atoms with van der Waals surface area (Å²) >= 11 is 0. The molecule has 0 bridgehead atoms. The fourth-order valence-electron chi connectivity index (χ4n) is 2.44. The first-order valence-electron chi connectivity index (χ1n) is 6.75. The zero-order valence-corrected chi connectivity index (χ0v) is 11.0. The fourth-order valence-corrected chi connectivity index (χ4v) is 2.44. The van der Waals surface area contributed by atoms with Gasteiger partial charge in [-0.1, -0.05) is 31.5 Å². The first kappa shape index (κ1) is 12.9. The van der Waals surface area contributed by atoms with Crippen LogP contribution in [0.1, 0.15) is 38.2 Å². The van der Waals surface area contributed by atoms with E-state index >= 15 is 0 Å². The van der Waals surface area contributed by atoms with Crippen molar-refractivity contribution in [3.05, 3.63) is 29.8 Å². The lowest BCUT2D eigenvalue weighted by molar-refractivity contribution is -0.120. The Morgan fingerprint density at radius 3 is 2.72 bits per heavy atom. The van der Waals surface area contributed by atoms with E-state index in [1.54, 1.807) is 0 Å². The number of amides is 1. The normalized spacial score (nSPS) is 16.3. The number of hydrogen-bond acceptors (Lipinski definition) is 2. The molecule has 98 valence electrons. The van der Waals surface area contributed by atoms with E-state index in [9.17, 15) is 4.79 Å². The van der Waals surface area contributed by atoms with Crippen LogP contribution in [0.25, 0.3) is 0 Å². The molecule has 0 aromatic heterocycles. The number of carbonyl (C=O) groups is 1. The van der Waals surface area contributed by atoms with E-state index in [1.807, 2.05) is 24.3 Å². The predicted molar refractivity (Wildman–Crippen MR) is 74.1 cm³/mol. The lowest BCUT2D eigenvalue weighted by Crippen LogP contribution is -2.31. The third kappa shape index (κ3) is 3.25. The first-order chi connectivity index (χ1) is 8.65. The summed E-state index contributed by atoms with van der Waals surface area (Å²) in [6.45, 7) is 3.03. The van der Waals surface area contributed by atoms with E-state index < -0.39 is 0 Å². The summed E-state index contributed by atoms with van der Waals surface area (Å²) in [5, 5.41) is 3.05. The number of carbonyl (C=O) groups excluding carboxylic acids is 1. The van der Waals surface area contributed by atoms with Crippen LogP contribution >= 0.6 is 0 Å². The highest BCUT2D eigenvalue weighted by molar-refractivity contribution is 5.80. The van der Waals surface area contributed by atoms with Gasteiger partial charge in [-0.3, -0.25) is 4.79 Å². The van der Waals surface area contributed by atoms with E-state index in [1.165, 1.54) is 25.7 Å². The molecule has 0 heterocycles. The minimum atomic E-state index is 0.0790. The summed E-state index contributed by atoms with van der Waals surface area (Å²) in [4.78, 5) is 11.9. The van der Waals surface area contributed by atoms with E-state index in [2.05, 4.69) is 12.2 Å². The van der Waals surface area contributed by atoms with Gasteiger partial charge in [-0.2, -0.15) is 0 Å². The van der Waals surface area contributed by atoms with Crippen molar-refractivity contribution < 1.29 is 4.79 Å². The van der Waals surface area contributed by atoms with Crippen molar-refractivity contribution in [1.82, 2.24) is 5.32 Å². The zero-order chi connectivity index (χ0) is 13.0. The Bertz CT molecular complexity index is 424. The maximum Gasteiger partial charge on any atom is 0.224 e. The van der Waals surface area contributed by atoms with Gasteiger partial charge in [0.05, 0.1) is 6.42 Å². The van der Waals surface area contributed by atoms with Crippen molar-refractivity contribution in [2.45, 2.75) is 39.0 Å². The molecular formula is C15H22N2O. The number of nitrogen functional groups attached to an aromatic ring is 1. The van der Waals surface area contributed by atoms with Crippen LogP contribution in [0.3, 0.4) is 0 Å². The molecule has 0 radical (unpaired) electrons. The van der Waals surface area contributed by atoms with Crippen LogP contribution in [0.5, 0.6) is 0 Å².